The number of ether oxygens (including phenoxy) is 5. The van der Waals surface area contributed by atoms with Crippen LogP contribution in [0.4, 0.5) is 9.59 Å². The Balaban J connectivity index is 1.90. The van der Waals surface area contributed by atoms with Gasteiger partial charge in [0.1, 0.15) is 53.1 Å². The third-order valence-corrected chi connectivity index (χ3v) is 9.46. The first-order valence-corrected chi connectivity index (χ1v) is 18.6. The lowest BCUT2D eigenvalue weighted by atomic mass is 9.72. The van der Waals surface area contributed by atoms with E-state index in [-0.39, 0.29) is 31.7 Å². The third-order valence-electron chi connectivity index (χ3n) is 9.46. The van der Waals surface area contributed by atoms with Gasteiger partial charge in [-0.25, -0.2) is 9.59 Å². The van der Waals surface area contributed by atoms with Crippen molar-refractivity contribution in [3.63, 3.8) is 0 Å². The Labute approximate surface area is 326 Å². The summed E-state index contributed by atoms with van der Waals surface area (Å²) in [6.45, 7) is 9.80. The van der Waals surface area contributed by atoms with Gasteiger partial charge in [-0.1, -0.05) is 0 Å². The fourth-order valence-electron chi connectivity index (χ4n) is 6.82. The molecule has 13 atom stereocenters. The summed E-state index contributed by atoms with van der Waals surface area (Å²) in [5.41, 5.74) is 14.9. The Bertz CT molecular complexity index is 1410. The van der Waals surface area contributed by atoms with Crippen molar-refractivity contribution in [1.29, 1.82) is 0 Å². The molecule has 1 aliphatic carbocycles. The normalized spacial score (nSPS) is 33.5. The average molecular weight is 806 g/mol. The summed E-state index contributed by atoms with van der Waals surface area (Å²) < 4.78 is 28.7. The highest BCUT2D eigenvalue weighted by atomic mass is 16.7. The number of likely N-dealkylation sites (N-methyl/N-ethyl adjacent to an activating group) is 1. The van der Waals surface area contributed by atoms with Crippen LogP contribution in [-0.4, -0.2) is 172 Å². The van der Waals surface area contributed by atoms with Crippen LogP contribution < -0.4 is 33.2 Å². The molecule has 322 valence electrons. The summed E-state index contributed by atoms with van der Waals surface area (Å²) in [7, 11) is 1.32. The van der Waals surface area contributed by atoms with Crippen LogP contribution in [-0.2, 0) is 33.3 Å². The Morgan fingerprint density at radius 2 is 1.61 bits per heavy atom. The lowest BCUT2D eigenvalue weighted by Gasteiger charge is -2.51. The highest BCUT2D eigenvalue weighted by molar-refractivity contribution is 5.82. The highest BCUT2D eigenvalue weighted by Crippen LogP contribution is 2.37. The van der Waals surface area contributed by atoms with Gasteiger partial charge >= 0.3 is 12.2 Å². The van der Waals surface area contributed by atoms with Crippen molar-refractivity contribution < 1.29 is 68.4 Å². The standard InChI is InChI=1S/C35H63N7O14/c1-33(2,3)55-31(49)40-14-21(44)29(48)41-19-11-18(38)22(25-17(37)10-9-16(53-25)13-39-28(47)20(43)12-36)23(45)26(19)54-30-24(46)27(35(7,51)15-52-30)42(8)32(50)56-34(4,5)6/h9,17-27,30,43-46,51H,10-15,36-38H2,1-8H3,(H,39,47)(H,40,49)(H,41,48)/t17-,18+,19-,20?,21+,22?,23+,24-,25+,26+,27-,30-,35+/m1/s1. The number of amides is 4. The van der Waals surface area contributed by atoms with Crippen LogP contribution in [0.25, 0.3) is 0 Å². The lowest BCUT2D eigenvalue weighted by Crippen LogP contribution is -2.70. The molecule has 0 aromatic rings. The molecule has 0 bridgehead atoms. The number of carbonyl (C=O) groups excluding carboxylic acids is 4. The lowest BCUT2D eigenvalue weighted by molar-refractivity contribution is -0.305. The van der Waals surface area contributed by atoms with E-state index in [1.54, 1.807) is 47.6 Å². The van der Waals surface area contributed by atoms with Crippen molar-refractivity contribution in [2.24, 2.45) is 23.1 Å². The Morgan fingerprint density at radius 1 is 0.982 bits per heavy atom. The molecule has 3 rings (SSSR count). The molecule has 21 heteroatoms. The zero-order valence-corrected chi connectivity index (χ0v) is 33.3. The molecule has 0 radical (unpaired) electrons. The molecule has 0 aromatic heterocycles. The van der Waals surface area contributed by atoms with Crippen molar-refractivity contribution in [2.45, 2.75) is 145 Å². The van der Waals surface area contributed by atoms with E-state index < -0.39 is 127 Å². The van der Waals surface area contributed by atoms with Crippen LogP contribution >= 0.6 is 0 Å². The van der Waals surface area contributed by atoms with E-state index in [1.165, 1.54) is 14.0 Å². The smallest absolute Gasteiger partial charge is 0.410 e. The number of carbonyl (C=O) groups is 4. The van der Waals surface area contributed by atoms with E-state index in [2.05, 4.69) is 16.0 Å². The number of nitrogens with one attached hydrogen (secondary N) is 3. The minimum Gasteiger partial charge on any atom is -0.491 e. The molecule has 4 amide bonds. The molecule has 14 N–H and O–H groups in total. The molecule has 2 unspecified atom stereocenters. The van der Waals surface area contributed by atoms with Crippen molar-refractivity contribution in [3.05, 3.63) is 11.8 Å². The topological polar surface area (TPSA) is 333 Å². The number of nitrogens with two attached hydrogens (primary N) is 3. The van der Waals surface area contributed by atoms with Crippen molar-refractivity contribution in [1.82, 2.24) is 20.9 Å². The molecule has 1 saturated carbocycles. The fraction of sp³-hybridized carbons (Fsp3) is 0.829. The second kappa shape index (κ2) is 18.9. The molecule has 2 fully saturated rings. The Hall–Kier alpha value is -3.38. The first-order chi connectivity index (χ1) is 25.8. The number of hydrogen-bond donors (Lipinski definition) is 11. The van der Waals surface area contributed by atoms with Gasteiger partial charge in [-0.15, -0.1) is 0 Å². The maximum absolute atomic E-state index is 13.3. The predicted octanol–water partition coefficient (Wildman–Crippen LogP) is -3.41. The van der Waals surface area contributed by atoms with Gasteiger partial charge in [0.25, 0.3) is 11.8 Å². The van der Waals surface area contributed by atoms with E-state index >= 15 is 0 Å². The number of rotatable bonds is 12. The maximum Gasteiger partial charge on any atom is 0.410 e. The molecular formula is C35H63N7O14. The van der Waals surface area contributed by atoms with Gasteiger partial charge in [-0.2, -0.15) is 0 Å². The van der Waals surface area contributed by atoms with E-state index in [0.717, 1.165) is 4.90 Å². The molecule has 1 saturated heterocycles. The summed E-state index contributed by atoms with van der Waals surface area (Å²) in [6.07, 6.45) is -10.6. The van der Waals surface area contributed by atoms with Gasteiger partial charge in [0, 0.05) is 31.6 Å². The molecule has 2 heterocycles. The fourth-order valence-corrected chi connectivity index (χ4v) is 6.82. The molecule has 3 aliphatic rings. The monoisotopic (exact) mass is 805 g/mol. The summed E-state index contributed by atoms with van der Waals surface area (Å²) in [5, 5.41) is 62.8. The quantitative estimate of drug-likeness (QED) is 0.0915. The van der Waals surface area contributed by atoms with Crippen molar-refractivity contribution in [3.8, 4) is 0 Å². The van der Waals surface area contributed by atoms with Crippen LogP contribution in [0.3, 0.4) is 0 Å². The second-order valence-electron chi connectivity index (χ2n) is 16.8. The van der Waals surface area contributed by atoms with E-state index in [1.807, 2.05) is 0 Å². The van der Waals surface area contributed by atoms with Gasteiger partial charge in [-0.05, 0) is 67.4 Å². The van der Waals surface area contributed by atoms with Gasteiger partial charge < -0.3 is 87.3 Å². The predicted molar refractivity (Wildman–Crippen MR) is 197 cm³/mol. The summed E-state index contributed by atoms with van der Waals surface area (Å²) in [5.74, 6) is -2.43. The zero-order valence-electron chi connectivity index (χ0n) is 33.3. The second-order valence-corrected chi connectivity index (χ2v) is 16.8. The van der Waals surface area contributed by atoms with Gasteiger partial charge in [0.2, 0.25) is 0 Å². The van der Waals surface area contributed by atoms with Crippen LogP contribution in [0.1, 0.15) is 61.3 Å². The number of nitrogens with zero attached hydrogens (tertiary/aromatic N) is 1. The molecule has 56 heavy (non-hydrogen) atoms. The molecule has 0 aromatic carbocycles. The Morgan fingerprint density at radius 3 is 2.20 bits per heavy atom. The van der Waals surface area contributed by atoms with Crippen molar-refractivity contribution >= 4 is 24.0 Å². The molecule has 2 aliphatic heterocycles. The zero-order chi connectivity index (χ0) is 42.5. The highest BCUT2D eigenvalue weighted by Gasteiger charge is 2.55. The minimum atomic E-state index is -1.80. The van der Waals surface area contributed by atoms with Crippen molar-refractivity contribution in [2.75, 3.05) is 33.3 Å². The number of aliphatic hydroxyl groups is 5. The minimum absolute atomic E-state index is 0.100. The summed E-state index contributed by atoms with van der Waals surface area (Å²) >= 11 is 0. The number of hydrogen-bond acceptors (Lipinski definition) is 17. The van der Waals surface area contributed by atoms with E-state index in [9.17, 15) is 44.7 Å². The summed E-state index contributed by atoms with van der Waals surface area (Å²) in [6, 6.07) is -4.16. The largest absolute Gasteiger partial charge is 0.491 e. The van der Waals surface area contributed by atoms with E-state index in [4.69, 9.17) is 40.9 Å². The molecule has 0 spiro atoms. The van der Waals surface area contributed by atoms with E-state index in [0.29, 0.717) is 0 Å². The maximum atomic E-state index is 13.3. The Kier molecular flexibility index (Phi) is 15.9. The first-order valence-electron chi connectivity index (χ1n) is 18.6. The SMILES string of the molecule is CN(C(=O)OC(C)(C)C)[C@@H]1[C@@H](O)[C@@H](O[C@H]2[C@H](NC(=O)[C@@H](O)CNC(=O)OC(C)(C)C)C[C@H](N)C([C@H]3OC(CNC(=O)C(O)CN)=CC[C@H]3N)[C@@H]2O)OC[C@]1(C)O. The third kappa shape index (κ3) is 12.6. The number of alkyl carbamates (subject to hydrolysis) is 1. The first kappa shape index (κ1) is 47.0. The van der Waals surface area contributed by atoms with Gasteiger partial charge in [0.15, 0.2) is 6.29 Å². The number of aliphatic hydroxyl groups excluding tert-OH is 4. The van der Waals surface area contributed by atoms with Crippen LogP contribution in [0.5, 0.6) is 0 Å². The average Bonchev–Trinajstić information content (AvgIpc) is 3.07. The summed E-state index contributed by atoms with van der Waals surface area (Å²) in [4.78, 5) is 51.7. The molecular weight excluding hydrogens is 742 g/mol. The van der Waals surface area contributed by atoms with Crippen LogP contribution in [0.2, 0.25) is 0 Å². The van der Waals surface area contributed by atoms with Crippen LogP contribution in [0.15, 0.2) is 11.8 Å². The van der Waals surface area contributed by atoms with Crippen LogP contribution in [0, 0.1) is 5.92 Å². The van der Waals surface area contributed by atoms with Gasteiger partial charge in [0.05, 0.1) is 37.9 Å². The van der Waals surface area contributed by atoms with Gasteiger partial charge in [-0.3, -0.25) is 9.59 Å². The molecule has 21 nitrogen and oxygen atoms in total.